The Kier molecular flexibility index (Phi) is 17.7. The summed E-state index contributed by atoms with van der Waals surface area (Å²) in [6.07, 6.45) is 15.8. The normalized spacial score (nSPS) is 12.3. The first kappa shape index (κ1) is 31.8. The topological polar surface area (TPSA) is 53.2 Å². The van der Waals surface area contributed by atoms with Crippen molar-refractivity contribution in [1.82, 2.24) is 10.6 Å². The third-order valence-electron chi connectivity index (χ3n) is 5.54. The minimum absolute atomic E-state index is 0.171. The summed E-state index contributed by atoms with van der Waals surface area (Å²) < 4.78 is -0.915. The zero-order chi connectivity index (χ0) is 25.2. The van der Waals surface area contributed by atoms with E-state index in [4.69, 9.17) is 47.0 Å². The van der Waals surface area contributed by atoms with Gasteiger partial charge >= 0.3 is 0 Å². The van der Waals surface area contributed by atoms with Gasteiger partial charge in [-0.1, -0.05) is 131 Å². The fraction of sp³-hybridized carbons (Fsp3) is 0.680. The summed E-state index contributed by atoms with van der Waals surface area (Å²) in [6.45, 7) is 2.26. The van der Waals surface area contributed by atoms with Gasteiger partial charge in [0, 0.05) is 10.9 Å². The fourth-order valence-corrected chi connectivity index (χ4v) is 4.53. The van der Waals surface area contributed by atoms with Crippen molar-refractivity contribution in [2.45, 2.75) is 107 Å². The highest BCUT2D eigenvalue weighted by atomic mass is 79.9. The van der Waals surface area contributed by atoms with Gasteiger partial charge < -0.3 is 16.0 Å². The molecule has 0 unspecified atom stereocenters. The predicted octanol–water partition coefficient (Wildman–Crippen LogP) is 9.03. The molecule has 0 aliphatic carbocycles. The van der Waals surface area contributed by atoms with E-state index in [0.717, 1.165) is 29.4 Å². The van der Waals surface area contributed by atoms with E-state index in [0.29, 0.717) is 6.42 Å². The first-order chi connectivity index (χ1) is 16.2. The van der Waals surface area contributed by atoms with Crippen molar-refractivity contribution < 1.29 is 4.79 Å². The smallest absolute Gasteiger partial charge is 0.228 e. The summed E-state index contributed by atoms with van der Waals surface area (Å²) in [5.41, 5.74) is 0.765. The molecule has 9 heteroatoms. The molecule has 1 aromatic carbocycles. The van der Waals surface area contributed by atoms with E-state index in [1.165, 1.54) is 64.2 Å². The van der Waals surface area contributed by atoms with Crippen LogP contribution in [-0.4, -0.2) is 21.0 Å². The molecule has 4 nitrogen and oxygen atoms in total. The minimum Gasteiger partial charge on any atom is -0.339 e. The quantitative estimate of drug-likeness (QED) is 0.0708. The Labute approximate surface area is 234 Å². The lowest BCUT2D eigenvalue weighted by Gasteiger charge is -2.28. The van der Waals surface area contributed by atoms with Crippen molar-refractivity contribution in [3.63, 3.8) is 0 Å². The van der Waals surface area contributed by atoms with Crippen LogP contribution in [0.3, 0.4) is 0 Å². The van der Waals surface area contributed by atoms with Gasteiger partial charge in [0.15, 0.2) is 5.11 Å². The average Bonchev–Trinajstić information content (AvgIpc) is 2.77. The number of nitrogens with one attached hydrogen (secondary N) is 3. The van der Waals surface area contributed by atoms with E-state index in [1.807, 2.05) is 24.3 Å². The Balaban J connectivity index is 2.19. The van der Waals surface area contributed by atoms with Crippen LogP contribution in [0.1, 0.15) is 96.8 Å². The third kappa shape index (κ3) is 15.7. The Morgan fingerprint density at radius 1 is 0.882 bits per heavy atom. The Bertz CT molecular complexity index is 719. The van der Waals surface area contributed by atoms with E-state index < -0.39 is 9.96 Å². The van der Waals surface area contributed by atoms with E-state index >= 15 is 0 Å². The van der Waals surface area contributed by atoms with Gasteiger partial charge in [-0.05, 0) is 46.7 Å². The molecule has 1 atom stereocenters. The van der Waals surface area contributed by atoms with E-state index in [9.17, 15) is 4.79 Å². The first-order valence-electron chi connectivity index (χ1n) is 12.4. The van der Waals surface area contributed by atoms with Crippen LogP contribution in [-0.2, 0) is 4.79 Å². The zero-order valence-corrected chi connectivity index (χ0v) is 24.8. The van der Waals surface area contributed by atoms with Crippen LogP contribution < -0.4 is 16.0 Å². The van der Waals surface area contributed by atoms with Gasteiger partial charge in [-0.25, -0.2) is 0 Å². The van der Waals surface area contributed by atoms with Crippen molar-refractivity contribution in [3.8, 4) is 0 Å². The SMILES string of the molecule is CCCCCCCCCCCCCCCC(=O)N[C@@H](NC(=S)Nc1ccccc1Br)C(Cl)(Cl)Cl. The van der Waals surface area contributed by atoms with Gasteiger partial charge in [0.25, 0.3) is 0 Å². The number of carbonyl (C=O) groups is 1. The van der Waals surface area contributed by atoms with E-state index in [1.54, 1.807) is 0 Å². The molecule has 1 aromatic rings. The van der Waals surface area contributed by atoms with Crippen LogP contribution in [0.5, 0.6) is 0 Å². The Morgan fingerprint density at radius 2 is 1.38 bits per heavy atom. The Morgan fingerprint density at radius 3 is 1.88 bits per heavy atom. The number of carbonyl (C=O) groups excluding carboxylic acids is 1. The molecule has 1 rings (SSSR count). The molecule has 3 N–H and O–H groups in total. The summed E-state index contributed by atoms with van der Waals surface area (Å²) >= 11 is 27.0. The first-order valence-corrected chi connectivity index (χ1v) is 14.8. The van der Waals surface area contributed by atoms with Crippen molar-refractivity contribution in [2.24, 2.45) is 0 Å². The highest BCUT2D eigenvalue weighted by molar-refractivity contribution is 9.10. The average molecular weight is 616 g/mol. The molecule has 0 saturated heterocycles. The molecule has 0 radical (unpaired) electrons. The van der Waals surface area contributed by atoms with Gasteiger partial charge in [0.05, 0.1) is 5.69 Å². The minimum atomic E-state index is -1.76. The van der Waals surface area contributed by atoms with Crippen LogP contribution >= 0.6 is 63.0 Å². The van der Waals surface area contributed by atoms with Gasteiger partial charge in [-0.2, -0.15) is 0 Å². The molecule has 194 valence electrons. The number of halogens is 4. The largest absolute Gasteiger partial charge is 0.339 e. The number of benzene rings is 1. The highest BCUT2D eigenvalue weighted by Gasteiger charge is 2.34. The predicted molar refractivity (Wildman–Crippen MR) is 156 cm³/mol. The lowest BCUT2D eigenvalue weighted by molar-refractivity contribution is -0.122. The van der Waals surface area contributed by atoms with E-state index in [-0.39, 0.29) is 11.0 Å². The zero-order valence-electron chi connectivity index (χ0n) is 20.1. The summed E-state index contributed by atoms with van der Waals surface area (Å²) in [7, 11) is 0. The lowest BCUT2D eigenvalue weighted by atomic mass is 10.0. The number of rotatable bonds is 17. The van der Waals surface area contributed by atoms with Crippen LogP contribution in [0.4, 0.5) is 5.69 Å². The number of hydrogen-bond acceptors (Lipinski definition) is 2. The number of anilines is 1. The van der Waals surface area contributed by atoms with Crippen LogP contribution in [0, 0.1) is 0 Å². The summed E-state index contributed by atoms with van der Waals surface area (Å²) in [5, 5.41) is 8.90. The maximum absolute atomic E-state index is 12.4. The summed E-state index contributed by atoms with van der Waals surface area (Å²) in [6, 6.07) is 7.51. The third-order valence-corrected chi connectivity index (χ3v) is 7.10. The molecule has 0 aliphatic heterocycles. The second kappa shape index (κ2) is 18.9. The van der Waals surface area contributed by atoms with Gasteiger partial charge in [0.2, 0.25) is 9.70 Å². The molecular formula is C25H39BrCl3N3OS. The van der Waals surface area contributed by atoms with Gasteiger partial charge in [-0.15, -0.1) is 0 Å². The molecule has 0 aliphatic rings. The van der Waals surface area contributed by atoms with Crippen LogP contribution in [0.2, 0.25) is 0 Å². The lowest BCUT2D eigenvalue weighted by Crippen LogP contribution is -2.56. The number of thiocarbonyl (C=S) groups is 1. The van der Waals surface area contributed by atoms with Crippen molar-refractivity contribution in [3.05, 3.63) is 28.7 Å². The standard InChI is InChI=1S/C25H39BrCl3N3OS/c1-2-3-4-5-6-7-8-9-10-11-12-13-14-19-22(33)31-23(25(27,28)29)32-24(34)30-21-18-16-15-17-20(21)26/h15-18,23H,2-14,19H2,1H3,(H,31,33)(H2,30,32,34)/t23-/m0/s1. The van der Waals surface area contributed by atoms with E-state index in [2.05, 4.69) is 38.8 Å². The number of para-hydroxylation sites is 1. The number of amides is 1. The Hall–Kier alpha value is -0.270. The second-order valence-electron chi connectivity index (χ2n) is 8.61. The van der Waals surface area contributed by atoms with Gasteiger partial charge in [-0.3, -0.25) is 4.79 Å². The molecule has 0 aromatic heterocycles. The molecule has 0 heterocycles. The highest BCUT2D eigenvalue weighted by Crippen LogP contribution is 2.29. The van der Waals surface area contributed by atoms with Crippen molar-refractivity contribution in [1.29, 1.82) is 0 Å². The molecule has 0 saturated carbocycles. The molecule has 0 bridgehead atoms. The number of hydrogen-bond donors (Lipinski definition) is 3. The summed E-state index contributed by atoms with van der Waals surface area (Å²) in [4.78, 5) is 12.4. The molecular weight excluding hydrogens is 577 g/mol. The number of alkyl halides is 3. The second-order valence-corrected chi connectivity index (χ2v) is 12.2. The maximum atomic E-state index is 12.4. The van der Waals surface area contributed by atoms with Crippen LogP contribution in [0.25, 0.3) is 0 Å². The fourth-order valence-electron chi connectivity index (χ4n) is 3.59. The maximum Gasteiger partial charge on any atom is 0.228 e. The molecule has 1 amide bonds. The molecule has 34 heavy (non-hydrogen) atoms. The monoisotopic (exact) mass is 613 g/mol. The molecule has 0 spiro atoms. The van der Waals surface area contributed by atoms with Crippen LogP contribution in [0.15, 0.2) is 28.7 Å². The number of unbranched alkanes of at least 4 members (excludes halogenated alkanes) is 12. The van der Waals surface area contributed by atoms with Gasteiger partial charge in [0.1, 0.15) is 6.17 Å². The summed E-state index contributed by atoms with van der Waals surface area (Å²) in [5.74, 6) is -0.171. The van der Waals surface area contributed by atoms with Crippen molar-refractivity contribution >= 4 is 79.7 Å². The molecule has 0 fully saturated rings. The van der Waals surface area contributed by atoms with Crippen molar-refractivity contribution in [2.75, 3.05) is 5.32 Å².